The van der Waals surface area contributed by atoms with Gasteiger partial charge in [-0.15, -0.1) is 0 Å². The molecule has 0 aromatic rings. The average Bonchev–Trinajstić information content (AvgIpc) is 0.811. The van der Waals surface area contributed by atoms with Crippen LogP contribution in [0, 0.1) is 15.3 Å². The van der Waals surface area contributed by atoms with E-state index in [-0.39, 0.29) is 78.3 Å². The molecule has 0 aliphatic rings. The molecular formula is H14AgMgNO9. The van der Waals surface area contributed by atoms with Crippen LogP contribution in [0.2, 0.25) is 0 Å². The van der Waals surface area contributed by atoms with E-state index in [0.717, 1.165) is 0 Å². The van der Waals surface area contributed by atoms with Crippen LogP contribution < -0.4 is 0 Å². The van der Waals surface area contributed by atoms with Crippen LogP contribution in [0.3, 0.4) is 0 Å². The normalized spacial score (nSPS) is 2.00. The van der Waals surface area contributed by atoms with Gasteiger partial charge in [0.1, 0.15) is 0 Å². The molecule has 0 fully saturated rings. The van der Waals surface area contributed by atoms with Gasteiger partial charge in [-0.25, -0.2) is 0 Å². The van der Waals surface area contributed by atoms with E-state index in [2.05, 4.69) is 0 Å². The maximum absolute atomic E-state index is 8.25. The van der Waals surface area contributed by atoms with Crippen molar-refractivity contribution < 1.29 is 60.3 Å². The van der Waals surface area contributed by atoms with Crippen LogP contribution in [0.1, 0.15) is 0 Å². The van der Waals surface area contributed by atoms with Crippen molar-refractivity contribution in [3.05, 3.63) is 15.3 Å². The van der Waals surface area contributed by atoms with Crippen LogP contribution in [0.4, 0.5) is 0 Å². The van der Waals surface area contributed by atoms with Crippen molar-refractivity contribution in [1.82, 2.24) is 0 Å². The minimum atomic E-state index is -1.75. The van der Waals surface area contributed by atoms with Crippen LogP contribution in [-0.4, -0.2) is 61.0 Å². The summed E-state index contributed by atoms with van der Waals surface area (Å²) in [7, 11) is 0. The second-order valence-corrected chi connectivity index (χ2v) is 0.224. The second kappa shape index (κ2) is 105. The van der Waals surface area contributed by atoms with Gasteiger partial charge in [0.2, 0.25) is 0 Å². The summed E-state index contributed by atoms with van der Waals surface area (Å²) in [6.45, 7) is 0. The minimum absolute atomic E-state index is 0. The molecule has 0 rings (SSSR count). The average molecular weight is 304 g/mol. The smallest absolute Gasteiger partial charge is 0.412 e. The van der Waals surface area contributed by atoms with Gasteiger partial charge in [0.15, 0.2) is 0 Å². The molecule has 0 amide bonds. The number of hydrogen-bond donors (Lipinski definition) is 0. The first-order chi connectivity index (χ1) is 1.73. The third kappa shape index (κ3) is 4310. The maximum atomic E-state index is 8.25. The molecule has 0 saturated carbocycles. The minimum Gasteiger partial charge on any atom is -0.412 e. The molecule has 0 saturated heterocycles. The Morgan fingerprint density at radius 2 is 0.750 bits per heavy atom. The molecule has 0 heterocycles. The Balaban J connectivity index is -0.00000000161. The zero-order chi connectivity index (χ0) is 3.58. The van der Waals surface area contributed by atoms with Crippen molar-refractivity contribution in [2.75, 3.05) is 0 Å². The molecule has 0 aromatic carbocycles. The zero-order valence-electron chi connectivity index (χ0n) is 4.97. The predicted octanol–water partition coefficient (Wildman–Crippen LogP) is -6.11. The number of hydrogen-bond acceptors (Lipinski definition) is 3. The van der Waals surface area contributed by atoms with Gasteiger partial charge in [-0.2, -0.15) is 0 Å². The van der Waals surface area contributed by atoms with Crippen LogP contribution >= 0.6 is 0 Å². The van der Waals surface area contributed by atoms with Gasteiger partial charge < -0.3 is 48.2 Å². The Labute approximate surface area is 98.6 Å². The summed E-state index contributed by atoms with van der Waals surface area (Å²) in [5.41, 5.74) is 0. The molecule has 0 radical (unpaired) electrons. The first-order valence-electron chi connectivity index (χ1n) is 0.548. The fraction of sp³-hybridized carbons (Fsp3) is 0. The first kappa shape index (κ1) is 136. The second-order valence-electron chi connectivity index (χ2n) is 0.224. The Bertz CT molecular complexity index is 37.5. The molecule has 12 heavy (non-hydrogen) atoms. The summed E-state index contributed by atoms with van der Waals surface area (Å²) < 4.78 is 0. The van der Waals surface area contributed by atoms with Crippen molar-refractivity contribution >= 4 is 23.1 Å². The molecule has 0 atom stereocenters. The molecule has 12 N–H and O–H groups in total. The SMILES string of the molecule is O.O.O.O.O.O.O=[N+]([O-])[O-].[Ag+].[MgH2]. The van der Waals surface area contributed by atoms with Gasteiger partial charge >= 0.3 is 45.4 Å². The molecule has 10 nitrogen and oxygen atoms in total. The van der Waals surface area contributed by atoms with Crippen LogP contribution in [0.15, 0.2) is 0 Å². The summed E-state index contributed by atoms with van der Waals surface area (Å²) in [5.74, 6) is 0. The van der Waals surface area contributed by atoms with E-state index in [9.17, 15) is 0 Å². The van der Waals surface area contributed by atoms with E-state index in [1.165, 1.54) is 0 Å². The third-order valence-corrected chi connectivity index (χ3v) is 0. The Kier molecular flexibility index (Phi) is 1190. The van der Waals surface area contributed by atoms with Gasteiger partial charge in [0.05, 0.1) is 5.09 Å². The Morgan fingerprint density at radius 3 is 0.750 bits per heavy atom. The van der Waals surface area contributed by atoms with Gasteiger partial charge in [-0.3, -0.25) is 0 Å². The van der Waals surface area contributed by atoms with E-state index in [4.69, 9.17) is 15.3 Å². The molecule has 86 valence electrons. The monoisotopic (exact) mass is 303 g/mol. The largest absolute Gasteiger partial charge is 1.00 e. The van der Waals surface area contributed by atoms with Crippen molar-refractivity contribution in [3.8, 4) is 0 Å². The van der Waals surface area contributed by atoms with Crippen molar-refractivity contribution in [3.63, 3.8) is 0 Å². The molecule has 0 spiro atoms. The van der Waals surface area contributed by atoms with Gasteiger partial charge in [0.25, 0.3) is 0 Å². The van der Waals surface area contributed by atoms with Gasteiger partial charge in [-0.1, -0.05) is 0 Å². The molecular weight excluding hydrogens is 290 g/mol. The molecule has 12 heteroatoms. The molecule has 0 aliphatic heterocycles. The first-order valence-corrected chi connectivity index (χ1v) is 0.548. The zero-order valence-corrected chi connectivity index (χ0v) is 6.46. The topological polar surface area (TPSA) is 255 Å². The summed E-state index contributed by atoms with van der Waals surface area (Å²) in [5, 5.41) is 14.8. The van der Waals surface area contributed by atoms with Crippen molar-refractivity contribution in [2.45, 2.75) is 0 Å². The molecule has 0 unspecified atom stereocenters. The third-order valence-electron chi connectivity index (χ3n) is 0. The molecule has 0 bridgehead atoms. The van der Waals surface area contributed by atoms with E-state index >= 15 is 0 Å². The summed E-state index contributed by atoms with van der Waals surface area (Å²) in [4.78, 5) is 8.25. The van der Waals surface area contributed by atoms with Gasteiger partial charge in [0, 0.05) is 0 Å². The maximum Gasteiger partial charge on any atom is 1.00 e. The predicted molar refractivity (Wildman–Crippen MR) is 40.6 cm³/mol. The standard InChI is InChI=1S/Ag.Mg.NO3.6H2O.2H/c;;2-1(3)4;;;;;;;;/h;;;6*1H2;;/q+1;;-1;;;;;;;;. The fourth-order valence-electron chi connectivity index (χ4n) is 0. The summed E-state index contributed by atoms with van der Waals surface area (Å²) in [6.07, 6.45) is 0. The summed E-state index contributed by atoms with van der Waals surface area (Å²) >= 11 is 0. The Morgan fingerprint density at radius 1 is 0.750 bits per heavy atom. The van der Waals surface area contributed by atoms with Gasteiger partial charge in [-0.05, 0) is 0 Å². The Hall–Kier alpha value is 0.466. The summed E-state index contributed by atoms with van der Waals surface area (Å²) in [6, 6.07) is 0. The fourth-order valence-corrected chi connectivity index (χ4v) is 0. The quantitative estimate of drug-likeness (QED) is 0.240. The van der Waals surface area contributed by atoms with Crippen molar-refractivity contribution in [2.24, 2.45) is 0 Å². The van der Waals surface area contributed by atoms with E-state index in [1.54, 1.807) is 0 Å². The number of nitrogens with zero attached hydrogens (tertiary/aromatic N) is 1. The van der Waals surface area contributed by atoms with E-state index < -0.39 is 5.09 Å². The van der Waals surface area contributed by atoms with Crippen LogP contribution in [0.5, 0.6) is 0 Å². The number of rotatable bonds is 0. The van der Waals surface area contributed by atoms with Crippen LogP contribution in [0.25, 0.3) is 0 Å². The van der Waals surface area contributed by atoms with E-state index in [1.807, 2.05) is 0 Å². The van der Waals surface area contributed by atoms with Crippen molar-refractivity contribution in [1.29, 1.82) is 0 Å². The molecule has 0 aliphatic carbocycles. The molecule has 0 aromatic heterocycles. The van der Waals surface area contributed by atoms with Crippen LogP contribution in [-0.2, 0) is 22.4 Å². The van der Waals surface area contributed by atoms with E-state index in [0.29, 0.717) is 0 Å².